The highest BCUT2D eigenvalue weighted by Crippen LogP contribution is 2.28. The molecule has 1 aromatic heterocycles. The van der Waals surface area contributed by atoms with E-state index in [1.807, 2.05) is 11.7 Å². The van der Waals surface area contributed by atoms with E-state index in [2.05, 4.69) is 28.0 Å². The Morgan fingerprint density at radius 3 is 2.95 bits per heavy atom. The largest absolute Gasteiger partial charge is 0.329 e. The Morgan fingerprint density at radius 2 is 2.26 bits per heavy atom. The molecule has 3 heterocycles. The van der Waals surface area contributed by atoms with Gasteiger partial charge < -0.3 is 5.73 Å². The molecule has 5 heteroatoms. The molecule has 19 heavy (non-hydrogen) atoms. The van der Waals surface area contributed by atoms with Crippen LogP contribution in [0.2, 0.25) is 0 Å². The molecule has 2 atom stereocenters. The summed E-state index contributed by atoms with van der Waals surface area (Å²) in [5, 5.41) is 4.47. The van der Waals surface area contributed by atoms with Gasteiger partial charge in [-0.1, -0.05) is 0 Å². The molecule has 0 aromatic carbocycles. The molecule has 0 spiro atoms. The van der Waals surface area contributed by atoms with E-state index in [4.69, 9.17) is 5.73 Å². The average Bonchev–Trinajstić information content (AvgIpc) is 2.97. The van der Waals surface area contributed by atoms with Crippen LogP contribution in [0.5, 0.6) is 0 Å². The summed E-state index contributed by atoms with van der Waals surface area (Å²) in [4.78, 5) is 5.21. The van der Waals surface area contributed by atoms with Crippen molar-refractivity contribution in [1.29, 1.82) is 0 Å². The lowest BCUT2D eigenvalue weighted by atomic mass is 10.0. The fraction of sp³-hybridized carbons (Fsp3) is 0.786. The Bertz CT molecular complexity index is 441. The maximum atomic E-state index is 6.06. The molecular weight excluding hydrogens is 238 g/mol. The summed E-state index contributed by atoms with van der Waals surface area (Å²) >= 11 is 0. The van der Waals surface area contributed by atoms with Gasteiger partial charge in [-0.2, -0.15) is 5.10 Å². The van der Waals surface area contributed by atoms with Crippen molar-refractivity contribution in [3.05, 3.63) is 17.5 Å². The monoisotopic (exact) mass is 263 g/mol. The van der Waals surface area contributed by atoms with Gasteiger partial charge in [0, 0.05) is 51.0 Å². The van der Waals surface area contributed by atoms with E-state index >= 15 is 0 Å². The molecular formula is C14H25N5. The maximum Gasteiger partial charge on any atom is 0.0641 e. The first-order chi connectivity index (χ1) is 9.19. The molecule has 5 nitrogen and oxygen atoms in total. The van der Waals surface area contributed by atoms with Gasteiger partial charge in [0.15, 0.2) is 0 Å². The van der Waals surface area contributed by atoms with Crippen LogP contribution in [-0.4, -0.2) is 58.3 Å². The Kier molecular flexibility index (Phi) is 3.60. The fourth-order valence-corrected chi connectivity index (χ4v) is 3.72. The number of fused-ring (bicyclic) bond motifs is 1. The van der Waals surface area contributed by atoms with E-state index in [-0.39, 0.29) is 0 Å². The zero-order valence-electron chi connectivity index (χ0n) is 12.0. The van der Waals surface area contributed by atoms with Gasteiger partial charge in [0.05, 0.1) is 11.7 Å². The molecule has 0 saturated carbocycles. The minimum absolute atomic E-state index is 0.330. The molecule has 3 rings (SSSR count). The van der Waals surface area contributed by atoms with Crippen molar-refractivity contribution < 1.29 is 0 Å². The minimum atomic E-state index is 0.330. The van der Waals surface area contributed by atoms with Crippen molar-refractivity contribution in [2.24, 2.45) is 12.8 Å². The van der Waals surface area contributed by atoms with E-state index in [9.17, 15) is 0 Å². The van der Waals surface area contributed by atoms with Crippen LogP contribution in [0.3, 0.4) is 0 Å². The second kappa shape index (κ2) is 5.23. The lowest BCUT2D eigenvalue weighted by Crippen LogP contribution is -2.52. The number of piperazine rings is 1. The molecule has 2 aliphatic rings. The number of nitrogens with two attached hydrogens (primary N) is 1. The molecule has 2 unspecified atom stereocenters. The minimum Gasteiger partial charge on any atom is -0.329 e. The van der Waals surface area contributed by atoms with E-state index in [1.54, 1.807) is 0 Å². The number of aryl methyl sites for hydroxylation is 2. The first-order valence-corrected chi connectivity index (χ1v) is 7.37. The zero-order valence-corrected chi connectivity index (χ0v) is 12.0. The second-order valence-electron chi connectivity index (χ2n) is 5.92. The lowest BCUT2D eigenvalue weighted by Gasteiger charge is -2.41. The standard InChI is InChI=1S/C14H25N5/c1-11-13(10-17(2)16-11)14(8-15)19-7-6-18-5-3-4-12(18)9-19/h10,12,14H,3-9,15H2,1-2H3. The SMILES string of the molecule is Cc1nn(C)cc1C(CN)N1CCN2CCCC2C1. The van der Waals surface area contributed by atoms with Crippen LogP contribution < -0.4 is 5.73 Å². The smallest absolute Gasteiger partial charge is 0.0641 e. The van der Waals surface area contributed by atoms with Crippen molar-refractivity contribution >= 4 is 0 Å². The van der Waals surface area contributed by atoms with Crippen molar-refractivity contribution in [1.82, 2.24) is 19.6 Å². The Morgan fingerprint density at radius 1 is 1.42 bits per heavy atom. The summed E-state index contributed by atoms with van der Waals surface area (Å²) in [6.45, 7) is 7.55. The van der Waals surface area contributed by atoms with E-state index < -0.39 is 0 Å². The third kappa shape index (κ3) is 2.42. The highest BCUT2D eigenvalue weighted by atomic mass is 15.3. The predicted molar refractivity (Wildman–Crippen MR) is 75.9 cm³/mol. The Labute approximate surface area is 115 Å². The number of aromatic nitrogens is 2. The van der Waals surface area contributed by atoms with E-state index in [0.29, 0.717) is 12.6 Å². The van der Waals surface area contributed by atoms with Crippen LogP contribution in [0, 0.1) is 6.92 Å². The van der Waals surface area contributed by atoms with Crippen LogP contribution >= 0.6 is 0 Å². The third-order valence-corrected chi connectivity index (χ3v) is 4.69. The van der Waals surface area contributed by atoms with Crippen molar-refractivity contribution in [3.63, 3.8) is 0 Å². The van der Waals surface area contributed by atoms with E-state index in [0.717, 1.165) is 24.8 Å². The highest BCUT2D eigenvalue weighted by Gasteiger charge is 2.34. The predicted octanol–water partition coefficient (Wildman–Crippen LogP) is 0.508. The van der Waals surface area contributed by atoms with Crippen molar-refractivity contribution in [2.75, 3.05) is 32.7 Å². The zero-order chi connectivity index (χ0) is 13.4. The molecule has 0 amide bonds. The van der Waals surface area contributed by atoms with Gasteiger partial charge in [-0.3, -0.25) is 14.5 Å². The molecule has 1 aromatic rings. The van der Waals surface area contributed by atoms with Crippen LogP contribution in [0.15, 0.2) is 6.20 Å². The summed E-state index contributed by atoms with van der Waals surface area (Å²) in [6, 6.07) is 1.08. The molecule has 2 saturated heterocycles. The van der Waals surface area contributed by atoms with Gasteiger partial charge in [-0.15, -0.1) is 0 Å². The normalized spacial score (nSPS) is 26.6. The van der Waals surface area contributed by atoms with Crippen LogP contribution in [-0.2, 0) is 7.05 Å². The van der Waals surface area contributed by atoms with Gasteiger partial charge in [0.2, 0.25) is 0 Å². The number of hydrogen-bond donors (Lipinski definition) is 1. The van der Waals surface area contributed by atoms with Crippen molar-refractivity contribution in [3.8, 4) is 0 Å². The first kappa shape index (κ1) is 13.1. The van der Waals surface area contributed by atoms with Gasteiger partial charge in [-0.05, 0) is 26.3 Å². The Hall–Kier alpha value is -0.910. The fourth-order valence-electron chi connectivity index (χ4n) is 3.72. The van der Waals surface area contributed by atoms with Crippen LogP contribution in [0.4, 0.5) is 0 Å². The van der Waals surface area contributed by atoms with Crippen LogP contribution in [0.1, 0.15) is 30.1 Å². The summed E-state index contributed by atoms with van der Waals surface area (Å²) in [6.07, 6.45) is 4.84. The lowest BCUT2D eigenvalue weighted by molar-refractivity contribution is 0.0735. The number of hydrogen-bond acceptors (Lipinski definition) is 4. The summed E-state index contributed by atoms with van der Waals surface area (Å²) < 4.78 is 1.90. The quantitative estimate of drug-likeness (QED) is 0.863. The van der Waals surface area contributed by atoms with Gasteiger partial charge in [0.25, 0.3) is 0 Å². The van der Waals surface area contributed by atoms with Gasteiger partial charge in [-0.25, -0.2) is 0 Å². The molecule has 0 bridgehead atoms. The van der Waals surface area contributed by atoms with Crippen LogP contribution in [0.25, 0.3) is 0 Å². The first-order valence-electron chi connectivity index (χ1n) is 7.37. The third-order valence-electron chi connectivity index (χ3n) is 4.69. The number of nitrogens with zero attached hydrogens (tertiary/aromatic N) is 4. The molecule has 2 fully saturated rings. The molecule has 2 aliphatic heterocycles. The highest BCUT2D eigenvalue weighted by molar-refractivity contribution is 5.21. The van der Waals surface area contributed by atoms with Crippen molar-refractivity contribution in [2.45, 2.75) is 31.8 Å². The maximum absolute atomic E-state index is 6.06. The summed E-state index contributed by atoms with van der Waals surface area (Å²) in [7, 11) is 1.99. The molecule has 2 N–H and O–H groups in total. The molecule has 0 radical (unpaired) electrons. The number of rotatable bonds is 3. The topological polar surface area (TPSA) is 50.3 Å². The molecule has 106 valence electrons. The molecule has 0 aliphatic carbocycles. The van der Waals surface area contributed by atoms with E-state index in [1.165, 1.54) is 31.5 Å². The van der Waals surface area contributed by atoms with Gasteiger partial charge in [0.1, 0.15) is 0 Å². The van der Waals surface area contributed by atoms with Gasteiger partial charge >= 0.3 is 0 Å². The summed E-state index contributed by atoms with van der Waals surface area (Å²) in [5.74, 6) is 0. The Balaban J connectivity index is 1.77. The second-order valence-corrected chi connectivity index (χ2v) is 5.92. The average molecular weight is 263 g/mol. The summed E-state index contributed by atoms with van der Waals surface area (Å²) in [5.41, 5.74) is 8.48.